The molecule has 158 valence electrons. The van der Waals surface area contributed by atoms with E-state index in [2.05, 4.69) is 0 Å². The van der Waals surface area contributed by atoms with Crippen LogP contribution in [0.25, 0.3) is 0 Å². The van der Waals surface area contributed by atoms with E-state index in [4.69, 9.17) is 19.2 Å². The van der Waals surface area contributed by atoms with E-state index in [1.54, 1.807) is 48.5 Å². The fourth-order valence-corrected chi connectivity index (χ4v) is 2.79. The molecule has 0 atom stereocenters. The lowest BCUT2D eigenvalue weighted by Gasteiger charge is -2.08. The predicted molar refractivity (Wildman–Crippen MR) is 117 cm³/mol. The molecule has 6 heteroatoms. The first-order valence-corrected chi connectivity index (χ1v) is 9.76. The molecule has 0 bridgehead atoms. The number of carbonyl (C=O) groups is 2. The van der Waals surface area contributed by atoms with E-state index in [9.17, 15) is 9.59 Å². The highest BCUT2D eigenvalue weighted by Gasteiger charge is 2.16. The van der Waals surface area contributed by atoms with Gasteiger partial charge in [-0.05, 0) is 60.7 Å². The highest BCUT2D eigenvalue weighted by molar-refractivity contribution is 5.92. The average Bonchev–Trinajstić information content (AvgIpc) is 2.84. The van der Waals surface area contributed by atoms with E-state index in [1.807, 2.05) is 36.4 Å². The van der Waals surface area contributed by atoms with Gasteiger partial charge in [-0.3, -0.25) is 0 Å². The maximum absolute atomic E-state index is 12.3. The van der Waals surface area contributed by atoms with Crippen LogP contribution < -0.4 is 9.47 Å². The zero-order chi connectivity index (χ0) is 22.2. The monoisotopic (exact) mass is 426 g/mol. The van der Waals surface area contributed by atoms with Gasteiger partial charge in [0.2, 0.25) is 0 Å². The van der Waals surface area contributed by atoms with Crippen LogP contribution in [0.5, 0.6) is 23.0 Å². The van der Waals surface area contributed by atoms with Gasteiger partial charge in [-0.2, -0.15) is 0 Å². The highest BCUT2D eigenvalue weighted by atomic mass is 17.2. The number of hydrogen-bond donors (Lipinski definition) is 0. The summed E-state index contributed by atoms with van der Waals surface area (Å²) in [4.78, 5) is 34.1. The summed E-state index contributed by atoms with van der Waals surface area (Å²) in [6.45, 7) is 0. The molecule has 4 rings (SSSR count). The van der Waals surface area contributed by atoms with Gasteiger partial charge in [0, 0.05) is 0 Å². The first-order chi connectivity index (χ1) is 15.7. The molecule has 0 unspecified atom stereocenters. The maximum atomic E-state index is 12.3. The minimum Gasteiger partial charge on any atom is -0.457 e. The van der Waals surface area contributed by atoms with Crippen LogP contribution in [0.4, 0.5) is 0 Å². The second-order valence-corrected chi connectivity index (χ2v) is 6.63. The van der Waals surface area contributed by atoms with E-state index >= 15 is 0 Å². The lowest BCUT2D eigenvalue weighted by atomic mass is 10.2. The fraction of sp³-hybridized carbons (Fsp3) is 0. The van der Waals surface area contributed by atoms with E-state index in [-0.39, 0.29) is 11.1 Å². The Kier molecular flexibility index (Phi) is 6.43. The quantitative estimate of drug-likeness (QED) is 0.270. The Hall–Kier alpha value is -4.58. The van der Waals surface area contributed by atoms with Crippen LogP contribution in [-0.2, 0) is 9.78 Å². The summed E-state index contributed by atoms with van der Waals surface area (Å²) in [5.74, 6) is 0.497. The van der Waals surface area contributed by atoms with Crippen LogP contribution >= 0.6 is 0 Å². The summed E-state index contributed by atoms with van der Waals surface area (Å²) in [5, 5.41) is 0. The van der Waals surface area contributed by atoms with Crippen molar-refractivity contribution in [1.29, 1.82) is 0 Å². The number of hydrogen-bond acceptors (Lipinski definition) is 6. The van der Waals surface area contributed by atoms with Gasteiger partial charge >= 0.3 is 11.9 Å². The Balaban J connectivity index is 1.36. The van der Waals surface area contributed by atoms with Gasteiger partial charge in [-0.1, -0.05) is 48.5 Å². The Labute approximate surface area is 184 Å². The van der Waals surface area contributed by atoms with E-state index in [0.717, 1.165) is 0 Å². The molecule has 0 aliphatic heterocycles. The van der Waals surface area contributed by atoms with Crippen molar-refractivity contribution in [2.75, 3.05) is 0 Å². The molecule has 0 saturated heterocycles. The summed E-state index contributed by atoms with van der Waals surface area (Å²) < 4.78 is 11.4. The molecule has 0 fully saturated rings. The van der Waals surface area contributed by atoms with E-state index < -0.39 is 11.9 Å². The SMILES string of the molecule is O=C(OOC(=O)c1cccc(Oc2ccccc2)c1)c1cccc(Oc2ccccc2)c1. The molecule has 0 spiro atoms. The van der Waals surface area contributed by atoms with E-state index in [1.165, 1.54) is 24.3 Å². The summed E-state index contributed by atoms with van der Waals surface area (Å²) >= 11 is 0. The number of carbonyl (C=O) groups excluding carboxylic acids is 2. The standard InChI is InChI=1S/C26H18O6/c27-25(19-9-7-15-23(17-19)29-21-11-3-1-4-12-21)31-32-26(28)20-10-8-16-24(18-20)30-22-13-5-2-6-14-22/h1-18H. The number of rotatable bonds is 6. The molecule has 0 saturated carbocycles. The lowest BCUT2D eigenvalue weighted by Crippen LogP contribution is -2.12. The zero-order valence-electron chi connectivity index (χ0n) is 16.8. The molecule has 0 aromatic heterocycles. The third-order valence-corrected chi connectivity index (χ3v) is 4.29. The Morgan fingerprint density at radius 3 is 1.22 bits per heavy atom. The molecule has 0 radical (unpaired) electrons. The van der Waals surface area contributed by atoms with Gasteiger partial charge in [-0.25, -0.2) is 19.4 Å². The second-order valence-electron chi connectivity index (χ2n) is 6.63. The van der Waals surface area contributed by atoms with Crippen molar-refractivity contribution in [2.24, 2.45) is 0 Å². The number of benzene rings is 4. The van der Waals surface area contributed by atoms with Crippen LogP contribution in [0.2, 0.25) is 0 Å². The number of para-hydroxylation sites is 2. The van der Waals surface area contributed by atoms with Crippen LogP contribution in [0, 0.1) is 0 Å². The van der Waals surface area contributed by atoms with Crippen LogP contribution in [0.3, 0.4) is 0 Å². The summed E-state index contributed by atoms with van der Waals surface area (Å²) in [6.07, 6.45) is 0. The van der Waals surface area contributed by atoms with Crippen molar-refractivity contribution in [3.05, 3.63) is 120 Å². The van der Waals surface area contributed by atoms with E-state index in [0.29, 0.717) is 23.0 Å². The molecular weight excluding hydrogens is 408 g/mol. The topological polar surface area (TPSA) is 71.1 Å². The van der Waals surface area contributed by atoms with Crippen LogP contribution in [-0.4, -0.2) is 11.9 Å². The van der Waals surface area contributed by atoms with Gasteiger partial charge in [0.1, 0.15) is 23.0 Å². The molecule has 0 aliphatic rings. The van der Waals surface area contributed by atoms with Gasteiger partial charge in [-0.15, -0.1) is 0 Å². The van der Waals surface area contributed by atoms with Crippen molar-refractivity contribution in [1.82, 2.24) is 0 Å². The second kappa shape index (κ2) is 9.95. The highest BCUT2D eigenvalue weighted by Crippen LogP contribution is 2.23. The Bertz CT molecular complexity index is 1110. The van der Waals surface area contributed by atoms with Gasteiger partial charge in [0.25, 0.3) is 0 Å². The molecule has 0 amide bonds. The molecule has 0 N–H and O–H groups in total. The first kappa shape index (κ1) is 20.7. The van der Waals surface area contributed by atoms with Crippen molar-refractivity contribution >= 4 is 11.9 Å². The average molecular weight is 426 g/mol. The predicted octanol–water partition coefficient (Wildman–Crippen LogP) is 6.20. The zero-order valence-corrected chi connectivity index (χ0v) is 16.8. The van der Waals surface area contributed by atoms with Gasteiger partial charge in [0.05, 0.1) is 11.1 Å². The van der Waals surface area contributed by atoms with Crippen molar-refractivity contribution < 1.29 is 28.8 Å². The van der Waals surface area contributed by atoms with Crippen molar-refractivity contribution in [2.45, 2.75) is 0 Å². The molecule has 0 heterocycles. The normalized spacial score (nSPS) is 10.1. The molecule has 0 aliphatic carbocycles. The molecule has 6 nitrogen and oxygen atoms in total. The maximum Gasteiger partial charge on any atom is 0.386 e. The van der Waals surface area contributed by atoms with Crippen LogP contribution in [0.15, 0.2) is 109 Å². The summed E-state index contributed by atoms with van der Waals surface area (Å²) in [6, 6.07) is 31.0. The Morgan fingerprint density at radius 2 is 0.812 bits per heavy atom. The summed E-state index contributed by atoms with van der Waals surface area (Å²) in [7, 11) is 0. The van der Waals surface area contributed by atoms with Gasteiger partial charge < -0.3 is 9.47 Å². The number of ether oxygens (including phenoxy) is 2. The minimum atomic E-state index is -0.825. The van der Waals surface area contributed by atoms with Crippen LogP contribution in [0.1, 0.15) is 20.7 Å². The fourth-order valence-electron chi connectivity index (χ4n) is 2.79. The Morgan fingerprint density at radius 1 is 0.438 bits per heavy atom. The third kappa shape index (κ3) is 5.52. The van der Waals surface area contributed by atoms with Crippen molar-refractivity contribution in [3.63, 3.8) is 0 Å². The molecule has 4 aromatic rings. The smallest absolute Gasteiger partial charge is 0.386 e. The first-order valence-electron chi connectivity index (χ1n) is 9.76. The molecular formula is C26H18O6. The summed E-state index contributed by atoms with van der Waals surface area (Å²) in [5.41, 5.74) is 0.347. The molecule has 4 aromatic carbocycles. The molecule has 32 heavy (non-hydrogen) atoms. The lowest BCUT2D eigenvalue weighted by molar-refractivity contribution is -0.187. The third-order valence-electron chi connectivity index (χ3n) is 4.29. The minimum absolute atomic E-state index is 0.174. The van der Waals surface area contributed by atoms with Gasteiger partial charge in [0.15, 0.2) is 0 Å². The largest absolute Gasteiger partial charge is 0.457 e. The van der Waals surface area contributed by atoms with Crippen molar-refractivity contribution in [3.8, 4) is 23.0 Å².